The number of nitrogens with zero attached hydrogens (tertiary/aromatic N) is 1. The molecular weight excluding hydrogens is 390 g/mol. The first-order valence-corrected chi connectivity index (χ1v) is 11.2. The highest BCUT2D eigenvalue weighted by molar-refractivity contribution is 6.10. The maximum Gasteiger partial charge on any atom is 0.185 e. The molecule has 0 saturated heterocycles. The lowest BCUT2D eigenvalue weighted by Gasteiger charge is -2.03. The van der Waals surface area contributed by atoms with Gasteiger partial charge in [0.05, 0.1) is 0 Å². The van der Waals surface area contributed by atoms with Crippen molar-refractivity contribution in [3.63, 3.8) is 0 Å². The third-order valence-electron chi connectivity index (χ3n) is 6.62. The fourth-order valence-electron chi connectivity index (χ4n) is 5.08. The van der Waals surface area contributed by atoms with E-state index < -0.39 is 0 Å². The summed E-state index contributed by atoms with van der Waals surface area (Å²) in [6.07, 6.45) is 4.53. The van der Waals surface area contributed by atoms with E-state index >= 15 is 0 Å². The smallest absolute Gasteiger partial charge is 0.185 e. The molecule has 1 aliphatic rings. The second kappa shape index (κ2) is 7.35. The molecule has 2 heteroatoms. The molecule has 0 N–H and O–H groups in total. The van der Waals surface area contributed by atoms with E-state index in [0.29, 0.717) is 0 Å². The number of carbonyl (C=O) groups excluding carboxylic acids is 1. The number of ketones is 1. The number of allylic oxidation sites excluding steroid dienone is 1. The minimum atomic E-state index is 0.0415. The lowest BCUT2D eigenvalue weighted by Crippen LogP contribution is -1.95. The molecule has 0 radical (unpaired) electrons. The third-order valence-corrected chi connectivity index (χ3v) is 6.62. The van der Waals surface area contributed by atoms with Gasteiger partial charge in [0.1, 0.15) is 0 Å². The Kier molecular flexibility index (Phi) is 4.32. The van der Waals surface area contributed by atoms with Gasteiger partial charge >= 0.3 is 0 Å². The SMILES string of the molecule is CCn1c2ccccc2c2cc(/C=C/C(=O)c3ccc4c(c3)Cc3ccccc3-4)ccc21. The molecule has 0 atom stereocenters. The molecule has 0 saturated carbocycles. The van der Waals surface area contributed by atoms with Crippen LogP contribution in [0, 0.1) is 0 Å². The number of hydrogen-bond acceptors (Lipinski definition) is 1. The van der Waals surface area contributed by atoms with Crippen molar-refractivity contribution in [2.75, 3.05) is 0 Å². The number of para-hydroxylation sites is 1. The number of fused-ring (bicyclic) bond motifs is 6. The Labute approximate surface area is 187 Å². The van der Waals surface area contributed by atoms with E-state index in [0.717, 1.165) is 24.1 Å². The van der Waals surface area contributed by atoms with E-state index in [1.54, 1.807) is 6.08 Å². The van der Waals surface area contributed by atoms with Crippen LogP contribution in [0.15, 0.2) is 91.0 Å². The van der Waals surface area contributed by atoms with Crippen LogP contribution >= 0.6 is 0 Å². The van der Waals surface area contributed by atoms with Crippen LogP contribution in [0.3, 0.4) is 0 Å². The van der Waals surface area contributed by atoms with Crippen LogP contribution < -0.4 is 0 Å². The average molecular weight is 414 g/mol. The molecule has 0 unspecified atom stereocenters. The highest BCUT2D eigenvalue weighted by Gasteiger charge is 2.18. The predicted molar refractivity (Wildman–Crippen MR) is 133 cm³/mol. The predicted octanol–water partition coefficient (Wildman–Crippen LogP) is 7.28. The third kappa shape index (κ3) is 2.91. The average Bonchev–Trinajstić information content (AvgIpc) is 3.37. The summed E-state index contributed by atoms with van der Waals surface area (Å²) in [5, 5.41) is 2.48. The van der Waals surface area contributed by atoms with Crippen LogP contribution in [0.5, 0.6) is 0 Å². The number of aromatic nitrogens is 1. The first kappa shape index (κ1) is 18.8. The van der Waals surface area contributed by atoms with Crippen LogP contribution in [0.1, 0.15) is 34.0 Å². The summed E-state index contributed by atoms with van der Waals surface area (Å²) < 4.78 is 2.34. The number of carbonyl (C=O) groups is 1. The zero-order valence-electron chi connectivity index (χ0n) is 18.0. The first-order valence-electron chi connectivity index (χ1n) is 11.2. The monoisotopic (exact) mass is 413 g/mol. The van der Waals surface area contributed by atoms with E-state index in [4.69, 9.17) is 0 Å². The molecular formula is C30H23NO. The second-order valence-electron chi connectivity index (χ2n) is 8.44. The fourth-order valence-corrected chi connectivity index (χ4v) is 5.08. The lowest BCUT2D eigenvalue weighted by molar-refractivity contribution is 0.104. The zero-order chi connectivity index (χ0) is 21.7. The van der Waals surface area contributed by atoms with Crippen molar-refractivity contribution in [2.24, 2.45) is 0 Å². The van der Waals surface area contributed by atoms with Crippen molar-refractivity contribution < 1.29 is 4.79 Å². The van der Waals surface area contributed by atoms with Crippen molar-refractivity contribution in [1.29, 1.82) is 0 Å². The van der Waals surface area contributed by atoms with Gasteiger partial charge in [-0.2, -0.15) is 0 Å². The Morgan fingerprint density at radius 2 is 1.59 bits per heavy atom. The molecule has 6 rings (SSSR count). The molecule has 0 fully saturated rings. The molecule has 5 aromatic rings. The molecule has 154 valence electrons. The molecule has 32 heavy (non-hydrogen) atoms. The molecule has 1 aliphatic carbocycles. The standard InChI is InChI=1S/C30H23NO/c1-2-31-28-10-6-5-9-26(28)27-17-20(11-15-29(27)31)12-16-30(32)22-13-14-25-23(19-22)18-21-7-3-4-8-24(21)25/h3-17,19H,2,18H2,1H3/b16-12+. The Morgan fingerprint density at radius 3 is 2.50 bits per heavy atom. The van der Waals surface area contributed by atoms with Crippen molar-refractivity contribution in [1.82, 2.24) is 4.57 Å². The van der Waals surface area contributed by atoms with Gasteiger partial charge in [0, 0.05) is 33.9 Å². The largest absolute Gasteiger partial charge is 0.341 e. The minimum Gasteiger partial charge on any atom is -0.341 e. The van der Waals surface area contributed by atoms with Gasteiger partial charge in [-0.1, -0.05) is 66.7 Å². The molecule has 0 bridgehead atoms. The zero-order valence-corrected chi connectivity index (χ0v) is 18.0. The molecule has 1 aromatic heterocycles. The van der Waals surface area contributed by atoms with Crippen LogP contribution in [-0.4, -0.2) is 10.4 Å². The Hall–Kier alpha value is -3.91. The van der Waals surface area contributed by atoms with Gasteiger partial charge in [0.15, 0.2) is 5.78 Å². The van der Waals surface area contributed by atoms with Crippen LogP contribution in [-0.2, 0) is 13.0 Å². The Bertz CT molecular complexity index is 1550. The minimum absolute atomic E-state index is 0.0415. The van der Waals surface area contributed by atoms with E-state index in [-0.39, 0.29) is 5.78 Å². The van der Waals surface area contributed by atoms with Crippen molar-refractivity contribution >= 4 is 33.7 Å². The number of benzene rings is 4. The van der Waals surface area contributed by atoms with Crippen molar-refractivity contribution in [3.05, 3.63) is 113 Å². The van der Waals surface area contributed by atoms with E-state index in [1.165, 1.54) is 44.1 Å². The molecule has 2 nitrogen and oxygen atoms in total. The highest BCUT2D eigenvalue weighted by atomic mass is 16.1. The molecule has 0 spiro atoms. The highest BCUT2D eigenvalue weighted by Crippen LogP contribution is 2.37. The summed E-state index contributed by atoms with van der Waals surface area (Å²) >= 11 is 0. The summed E-state index contributed by atoms with van der Waals surface area (Å²) in [4.78, 5) is 12.9. The van der Waals surface area contributed by atoms with Gasteiger partial charge in [0.25, 0.3) is 0 Å². The molecule has 0 aliphatic heterocycles. The van der Waals surface area contributed by atoms with Gasteiger partial charge in [-0.15, -0.1) is 0 Å². The quantitative estimate of drug-likeness (QED) is 0.220. The van der Waals surface area contributed by atoms with Crippen LogP contribution in [0.4, 0.5) is 0 Å². The second-order valence-corrected chi connectivity index (χ2v) is 8.44. The van der Waals surface area contributed by atoms with Crippen LogP contribution in [0.2, 0.25) is 0 Å². The van der Waals surface area contributed by atoms with E-state index in [1.807, 2.05) is 12.1 Å². The lowest BCUT2D eigenvalue weighted by atomic mass is 10.0. The maximum atomic E-state index is 12.9. The summed E-state index contributed by atoms with van der Waals surface area (Å²) in [5.74, 6) is 0.0415. The van der Waals surface area contributed by atoms with Crippen LogP contribution in [0.25, 0.3) is 39.0 Å². The number of aryl methyl sites for hydroxylation is 1. The van der Waals surface area contributed by atoms with Crippen molar-refractivity contribution in [2.45, 2.75) is 19.9 Å². The van der Waals surface area contributed by atoms with Gasteiger partial charge < -0.3 is 4.57 Å². The molecule has 1 heterocycles. The van der Waals surface area contributed by atoms with Gasteiger partial charge in [0.2, 0.25) is 0 Å². The first-order chi connectivity index (χ1) is 15.7. The topological polar surface area (TPSA) is 22.0 Å². The number of hydrogen-bond donors (Lipinski definition) is 0. The van der Waals surface area contributed by atoms with Gasteiger partial charge in [-0.25, -0.2) is 0 Å². The summed E-state index contributed by atoms with van der Waals surface area (Å²) in [7, 11) is 0. The van der Waals surface area contributed by atoms with E-state index in [2.05, 4.69) is 90.4 Å². The van der Waals surface area contributed by atoms with Gasteiger partial charge in [-0.05, 0) is 71.5 Å². The van der Waals surface area contributed by atoms with Gasteiger partial charge in [-0.3, -0.25) is 4.79 Å². The Morgan fingerprint density at radius 1 is 0.812 bits per heavy atom. The fraction of sp³-hybridized carbons (Fsp3) is 0.100. The normalized spacial score (nSPS) is 12.5. The maximum absolute atomic E-state index is 12.9. The summed E-state index contributed by atoms with van der Waals surface area (Å²) in [6, 6.07) is 29.5. The number of rotatable bonds is 4. The summed E-state index contributed by atoms with van der Waals surface area (Å²) in [5.41, 5.74) is 9.38. The molecule has 4 aromatic carbocycles. The Balaban J connectivity index is 1.32. The summed E-state index contributed by atoms with van der Waals surface area (Å²) in [6.45, 7) is 3.10. The van der Waals surface area contributed by atoms with E-state index in [9.17, 15) is 4.79 Å². The van der Waals surface area contributed by atoms with Crippen molar-refractivity contribution in [3.8, 4) is 11.1 Å². The molecule has 0 amide bonds.